The topological polar surface area (TPSA) is 83.7 Å². The average Bonchev–Trinajstić information content (AvgIpc) is 3.12. The van der Waals surface area contributed by atoms with Crippen molar-refractivity contribution in [2.45, 2.75) is 4.90 Å². The summed E-state index contributed by atoms with van der Waals surface area (Å²) in [6.45, 7) is 2.27. The van der Waals surface area contributed by atoms with Gasteiger partial charge in [-0.2, -0.15) is 4.31 Å². The van der Waals surface area contributed by atoms with Crippen LogP contribution in [0.4, 0.5) is 0 Å². The van der Waals surface area contributed by atoms with Gasteiger partial charge in [-0.15, -0.1) is 0 Å². The summed E-state index contributed by atoms with van der Waals surface area (Å²) in [5.41, 5.74) is 1.66. The third-order valence-corrected chi connectivity index (χ3v) is 7.10. The normalized spacial score (nSPS) is 16.5. The molecule has 1 fully saturated rings. The van der Waals surface area contributed by atoms with Crippen molar-refractivity contribution < 1.29 is 17.6 Å². The summed E-state index contributed by atoms with van der Waals surface area (Å²) in [7, 11) is -1.65. The van der Waals surface area contributed by atoms with E-state index in [0.29, 0.717) is 54.6 Å². The fourth-order valence-electron chi connectivity index (χ4n) is 3.28. The zero-order chi connectivity index (χ0) is 19.9. The summed E-state index contributed by atoms with van der Waals surface area (Å²) in [6, 6.07) is 6.23. The number of furan rings is 1. The van der Waals surface area contributed by atoms with E-state index in [1.54, 1.807) is 24.5 Å². The largest absolute Gasteiger partial charge is 0.452 e. The van der Waals surface area contributed by atoms with Crippen LogP contribution in [0.15, 0.2) is 46.0 Å². The fraction of sp³-hybridized carbons (Fsp3) is 0.263. The van der Waals surface area contributed by atoms with Crippen LogP contribution in [0.5, 0.6) is 0 Å². The molecule has 1 aromatic carbocycles. The number of benzene rings is 1. The number of pyridine rings is 1. The molecule has 0 spiro atoms. The van der Waals surface area contributed by atoms with Gasteiger partial charge in [0, 0.05) is 60.1 Å². The molecule has 3 aromatic rings. The first-order chi connectivity index (χ1) is 13.4. The van der Waals surface area contributed by atoms with Crippen LogP contribution in [0.2, 0.25) is 5.02 Å². The zero-order valence-corrected chi connectivity index (χ0v) is 16.7. The van der Waals surface area contributed by atoms with Crippen LogP contribution < -0.4 is 0 Å². The van der Waals surface area contributed by atoms with E-state index in [-0.39, 0.29) is 15.7 Å². The molecule has 2 aromatic heterocycles. The number of hydrogen-bond donors (Lipinski definition) is 0. The lowest BCUT2D eigenvalue weighted by atomic mass is 10.1. The lowest BCUT2D eigenvalue weighted by molar-refractivity contribution is 0.110. The number of carbonyl (C=O) groups excluding carboxylic acids is 1. The molecule has 0 aliphatic carbocycles. The second kappa shape index (κ2) is 7.29. The molecule has 0 radical (unpaired) electrons. The third-order valence-electron chi connectivity index (χ3n) is 4.89. The second-order valence-corrected chi connectivity index (χ2v) is 9.07. The number of nitrogens with zero attached hydrogens (tertiary/aromatic N) is 3. The maximum atomic E-state index is 12.9. The van der Waals surface area contributed by atoms with E-state index in [0.717, 1.165) is 0 Å². The summed E-state index contributed by atoms with van der Waals surface area (Å²) < 4.78 is 32.9. The Bertz CT molecular complexity index is 1150. The standard InChI is InChI=1S/C19H18ClN3O4S/c1-22-4-6-23(7-5-22)28(25,26)15-2-3-16(18(20)9-15)17-11-21-10-13-8-14(12-24)27-19(13)17/h2-3,8-12H,4-7H2,1H3. The summed E-state index contributed by atoms with van der Waals surface area (Å²) in [4.78, 5) is 17.4. The number of rotatable bonds is 4. The summed E-state index contributed by atoms with van der Waals surface area (Å²) in [5, 5.41) is 0.943. The molecule has 7 nitrogen and oxygen atoms in total. The van der Waals surface area contributed by atoms with Crippen molar-refractivity contribution in [1.82, 2.24) is 14.2 Å². The van der Waals surface area contributed by atoms with Crippen molar-refractivity contribution in [3.05, 3.63) is 47.4 Å². The van der Waals surface area contributed by atoms with Gasteiger partial charge in [0.15, 0.2) is 12.0 Å². The smallest absolute Gasteiger partial charge is 0.243 e. The fourth-order valence-corrected chi connectivity index (χ4v) is 5.08. The average molecular weight is 420 g/mol. The molecule has 9 heteroatoms. The molecule has 146 valence electrons. The van der Waals surface area contributed by atoms with Gasteiger partial charge < -0.3 is 9.32 Å². The Morgan fingerprint density at radius 2 is 1.86 bits per heavy atom. The number of aldehydes is 1. The number of aromatic nitrogens is 1. The Balaban J connectivity index is 1.73. The number of carbonyl (C=O) groups is 1. The van der Waals surface area contributed by atoms with E-state index in [1.165, 1.54) is 16.4 Å². The number of halogens is 1. The van der Waals surface area contributed by atoms with Crippen molar-refractivity contribution in [3.8, 4) is 11.1 Å². The minimum absolute atomic E-state index is 0.152. The maximum absolute atomic E-state index is 12.9. The minimum atomic E-state index is -3.61. The summed E-state index contributed by atoms with van der Waals surface area (Å²) in [6.07, 6.45) is 3.79. The molecule has 0 N–H and O–H groups in total. The lowest BCUT2D eigenvalue weighted by Gasteiger charge is -2.31. The quantitative estimate of drug-likeness (QED) is 0.604. The molecule has 0 atom stereocenters. The third kappa shape index (κ3) is 3.33. The van der Waals surface area contributed by atoms with Crippen LogP contribution in [-0.2, 0) is 10.0 Å². The first kappa shape index (κ1) is 19.1. The molecule has 0 unspecified atom stereocenters. The van der Waals surface area contributed by atoms with Gasteiger partial charge in [-0.05, 0) is 25.2 Å². The SMILES string of the molecule is CN1CCN(S(=O)(=O)c2ccc(-c3cncc4cc(C=O)oc34)c(Cl)c2)CC1. The Kier molecular flexibility index (Phi) is 4.96. The molecular weight excluding hydrogens is 402 g/mol. The number of piperazine rings is 1. The highest BCUT2D eigenvalue weighted by molar-refractivity contribution is 7.89. The van der Waals surface area contributed by atoms with Crippen LogP contribution in [0.3, 0.4) is 0 Å². The van der Waals surface area contributed by atoms with Crippen LogP contribution in [-0.4, -0.2) is 62.1 Å². The molecule has 4 rings (SSSR count). The molecule has 0 amide bonds. The van der Waals surface area contributed by atoms with Crippen molar-refractivity contribution in [3.63, 3.8) is 0 Å². The molecule has 1 aliphatic rings. The van der Waals surface area contributed by atoms with Crippen LogP contribution in [0.25, 0.3) is 22.1 Å². The maximum Gasteiger partial charge on any atom is 0.243 e. The predicted molar refractivity (Wildman–Crippen MR) is 106 cm³/mol. The van der Waals surface area contributed by atoms with Gasteiger partial charge >= 0.3 is 0 Å². The molecule has 0 saturated carbocycles. The van der Waals surface area contributed by atoms with Gasteiger partial charge in [-0.1, -0.05) is 17.7 Å². The molecular formula is C19H18ClN3O4S. The van der Waals surface area contributed by atoms with E-state index >= 15 is 0 Å². The van der Waals surface area contributed by atoms with Gasteiger partial charge in [0.1, 0.15) is 5.58 Å². The summed E-state index contributed by atoms with van der Waals surface area (Å²) in [5.74, 6) is 0.189. The molecule has 0 bridgehead atoms. The van der Waals surface area contributed by atoms with Crippen molar-refractivity contribution in [2.24, 2.45) is 0 Å². The lowest BCUT2D eigenvalue weighted by Crippen LogP contribution is -2.47. The Morgan fingerprint density at radius 1 is 1.11 bits per heavy atom. The van der Waals surface area contributed by atoms with E-state index in [9.17, 15) is 13.2 Å². The highest BCUT2D eigenvalue weighted by Gasteiger charge is 2.28. The number of fused-ring (bicyclic) bond motifs is 1. The van der Waals surface area contributed by atoms with E-state index in [4.69, 9.17) is 16.0 Å². The van der Waals surface area contributed by atoms with Crippen LogP contribution in [0.1, 0.15) is 10.6 Å². The Morgan fingerprint density at radius 3 is 2.54 bits per heavy atom. The van der Waals surface area contributed by atoms with Gasteiger partial charge in [0.05, 0.1) is 4.90 Å². The zero-order valence-electron chi connectivity index (χ0n) is 15.1. The minimum Gasteiger partial charge on any atom is -0.452 e. The van der Waals surface area contributed by atoms with Gasteiger partial charge in [-0.25, -0.2) is 8.42 Å². The Labute approximate surface area is 167 Å². The molecule has 3 heterocycles. The second-order valence-electron chi connectivity index (χ2n) is 6.72. The van der Waals surface area contributed by atoms with Crippen LogP contribution >= 0.6 is 11.6 Å². The van der Waals surface area contributed by atoms with Gasteiger partial charge in [0.2, 0.25) is 10.0 Å². The Hall–Kier alpha value is -2.26. The van der Waals surface area contributed by atoms with Gasteiger partial charge in [-0.3, -0.25) is 9.78 Å². The molecule has 1 aliphatic heterocycles. The van der Waals surface area contributed by atoms with E-state index < -0.39 is 10.0 Å². The van der Waals surface area contributed by atoms with E-state index in [1.807, 2.05) is 7.05 Å². The number of sulfonamides is 1. The number of hydrogen-bond acceptors (Lipinski definition) is 6. The van der Waals surface area contributed by atoms with Crippen molar-refractivity contribution in [2.75, 3.05) is 33.2 Å². The van der Waals surface area contributed by atoms with Crippen LogP contribution in [0, 0.1) is 0 Å². The monoisotopic (exact) mass is 419 g/mol. The first-order valence-electron chi connectivity index (χ1n) is 8.71. The van der Waals surface area contributed by atoms with Crippen molar-refractivity contribution in [1.29, 1.82) is 0 Å². The number of likely N-dealkylation sites (N-methyl/N-ethyl adjacent to an activating group) is 1. The highest BCUT2D eigenvalue weighted by atomic mass is 35.5. The van der Waals surface area contributed by atoms with E-state index in [2.05, 4.69) is 9.88 Å². The van der Waals surface area contributed by atoms with Gasteiger partial charge in [0.25, 0.3) is 0 Å². The summed E-state index contributed by atoms with van der Waals surface area (Å²) >= 11 is 6.44. The molecule has 1 saturated heterocycles. The first-order valence-corrected chi connectivity index (χ1v) is 10.5. The molecule has 28 heavy (non-hydrogen) atoms. The predicted octanol–water partition coefficient (Wildman–Crippen LogP) is 2.90. The highest BCUT2D eigenvalue weighted by Crippen LogP contribution is 2.35. The van der Waals surface area contributed by atoms with Crippen molar-refractivity contribution >= 4 is 38.9 Å².